The predicted molar refractivity (Wildman–Crippen MR) is 110 cm³/mol. The van der Waals surface area contributed by atoms with E-state index in [0.29, 0.717) is 11.3 Å². The minimum absolute atomic E-state index is 0.0537. The number of hydrogen-bond acceptors (Lipinski definition) is 5. The quantitative estimate of drug-likeness (QED) is 0.705. The second-order valence-corrected chi connectivity index (χ2v) is 7.92. The molecule has 3 aromatic rings. The topological polar surface area (TPSA) is 58.1 Å². The number of carbonyl (C=O) groups is 1. The molecular formula is C21H21FN4OS. The van der Waals surface area contributed by atoms with E-state index >= 15 is 0 Å². The standard InChI is InChI=1S/C21H21FN4OS/c1-14-4-5-16(13-17(14)22)23-21(27)15-8-10-26(11-9-15)20-7-6-18(24-25-20)19-3-2-12-28-19/h2-7,12-13,15H,8-11H2,1H3,(H,23,27). The van der Waals surface area contributed by atoms with Crippen molar-refractivity contribution in [2.45, 2.75) is 19.8 Å². The zero-order valence-electron chi connectivity index (χ0n) is 15.6. The van der Waals surface area contributed by atoms with Gasteiger partial charge in [-0.2, -0.15) is 0 Å². The Hall–Kier alpha value is -2.80. The lowest BCUT2D eigenvalue weighted by atomic mass is 9.95. The van der Waals surface area contributed by atoms with Crippen LogP contribution in [0, 0.1) is 18.7 Å². The van der Waals surface area contributed by atoms with Crippen molar-refractivity contribution in [3.63, 3.8) is 0 Å². The Balaban J connectivity index is 1.33. The van der Waals surface area contributed by atoms with Crippen LogP contribution < -0.4 is 10.2 Å². The predicted octanol–water partition coefficient (Wildman–Crippen LogP) is 4.51. The molecule has 0 spiro atoms. The second-order valence-electron chi connectivity index (χ2n) is 6.97. The molecule has 28 heavy (non-hydrogen) atoms. The smallest absolute Gasteiger partial charge is 0.227 e. The van der Waals surface area contributed by atoms with Gasteiger partial charge in [-0.05, 0) is 61.0 Å². The maximum atomic E-state index is 13.7. The number of carbonyl (C=O) groups excluding carboxylic acids is 1. The Labute approximate surface area is 167 Å². The number of aromatic nitrogens is 2. The van der Waals surface area contributed by atoms with Gasteiger partial charge in [0, 0.05) is 24.7 Å². The lowest BCUT2D eigenvalue weighted by molar-refractivity contribution is -0.120. The van der Waals surface area contributed by atoms with Crippen molar-refractivity contribution < 1.29 is 9.18 Å². The summed E-state index contributed by atoms with van der Waals surface area (Å²) in [6, 6.07) is 12.8. The summed E-state index contributed by atoms with van der Waals surface area (Å²) >= 11 is 1.64. The molecular weight excluding hydrogens is 375 g/mol. The number of halogens is 1. The molecule has 1 N–H and O–H groups in total. The summed E-state index contributed by atoms with van der Waals surface area (Å²) in [5.41, 5.74) is 1.95. The molecule has 1 amide bonds. The van der Waals surface area contributed by atoms with Gasteiger partial charge in [-0.1, -0.05) is 12.1 Å². The van der Waals surface area contributed by atoms with Gasteiger partial charge in [-0.15, -0.1) is 21.5 Å². The minimum Gasteiger partial charge on any atom is -0.355 e. The van der Waals surface area contributed by atoms with Crippen LogP contribution in [0.15, 0.2) is 47.8 Å². The molecule has 2 aromatic heterocycles. The molecule has 7 heteroatoms. The maximum absolute atomic E-state index is 13.7. The monoisotopic (exact) mass is 396 g/mol. The molecule has 0 radical (unpaired) electrons. The van der Waals surface area contributed by atoms with Crippen molar-refractivity contribution in [2.24, 2.45) is 5.92 Å². The van der Waals surface area contributed by atoms with E-state index in [-0.39, 0.29) is 17.6 Å². The van der Waals surface area contributed by atoms with Gasteiger partial charge in [0.25, 0.3) is 0 Å². The summed E-state index contributed by atoms with van der Waals surface area (Å²) < 4.78 is 13.7. The van der Waals surface area contributed by atoms with Gasteiger partial charge in [0.15, 0.2) is 5.82 Å². The number of hydrogen-bond donors (Lipinski definition) is 1. The van der Waals surface area contributed by atoms with Gasteiger partial charge >= 0.3 is 0 Å². The normalized spacial score (nSPS) is 14.9. The van der Waals surface area contributed by atoms with Gasteiger partial charge in [0.2, 0.25) is 5.91 Å². The number of amides is 1. The van der Waals surface area contributed by atoms with Crippen molar-refractivity contribution in [1.82, 2.24) is 10.2 Å². The van der Waals surface area contributed by atoms with Crippen LogP contribution in [0.4, 0.5) is 15.9 Å². The van der Waals surface area contributed by atoms with Crippen LogP contribution in [-0.2, 0) is 4.79 Å². The third-order valence-electron chi connectivity index (χ3n) is 5.05. The summed E-state index contributed by atoms with van der Waals surface area (Å²) in [4.78, 5) is 15.8. The second kappa shape index (κ2) is 8.06. The highest BCUT2D eigenvalue weighted by Gasteiger charge is 2.26. The number of rotatable bonds is 4. The zero-order chi connectivity index (χ0) is 19.5. The molecule has 0 saturated carbocycles. The Morgan fingerprint density at radius 2 is 2.00 bits per heavy atom. The summed E-state index contributed by atoms with van der Waals surface area (Å²) in [7, 11) is 0. The van der Waals surface area contributed by atoms with Crippen LogP contribution in [0.25, 0.3) is 10.6 Å². The van der Waals surface area contributed by atoms with Crippen LogP contribution in [-0.4, -0.2) is 29.2 Å². The first-order valence-electron chi connectivity index (χ1n) is 9.30. The van der Waals surface area contributed by atoms with E-state index in [1.165, 1.54) is 6.07 Å². The summed E-state index contributed by atoms with van der Waals surface area (Å²) in [5.74, 6) is 0.387. The lowest BCUT2D eigenvalue weighted by Crippen LogP contribution is -2.38. The minimum atomic E-state index is -0.308. The number of nitrogens with zero attached hydrogens (tertiary/aromatic N) is 3. The zero-order valence-corrected chi connectivity index (χ0v) is 16.4. The van der Waals surface area contributed by atoms with E-state index in [1.54, 1.807) is 30.4 Å². The highest BCUT2D eigenvalue weighted by Crippen LogP contribution is 2.26. The highest BCUT2D eigenvalue weighted by molar-refractivity contribution is 7.13. The molecule has 4 rings (SSSR count). The van der Waals surface area contributed by atoms with E-state index in [9.17, 15) is 9.18 Å². The van der Waals surface area contributed by atoms with E-state index < -0.39 is 0 Å². The van der Waals surface area contributed by atoms with E-state index in [2.05, 4.69) is 20.4 Å². The average Bonchev–Trinajstić information content (AvgIpc) is 3.26. The molecule has 1 aliphatic rings. The van der Waals surface area contributed by atoms with Crippen LogP contribution in [0.1, 0.15) is 18.4 Å². The SMILES string of the molecule is Cc1ccc(NC(=O)C2CCN(c3ccc(-c4cccs4)nn3)CC2)cc1F. The summed E-state index contributed by atoms with van der Waals surface area (Å²) in [6.45, 7) is 3.19. The number of aryl methyl sites for hydroxylation is 1. The molecule has 1 saturated heterocycles. The van der Waals surface area contributed by atoms with Crippen LogP contribution in [0.2, 0.25) is 0 Å². The molecule has 0 unspecified atom stereocenters. The Morgan fingerprint density at radius 3 is 2.64 bits per heavy atom. The van der Waals surface area contributed by atoms with Gasteiger partial charge in [0.05, 0.1) is 4.88 Å². The van der Waals surface area contributed by atoms with Gasteiger partial charge in [-0.3, -0.25) is 4.79 Å². The number of thiophene rings is 1. The molecule has 0 bridgehead atoms. The number of piperidine rings is 1. The number of nitrogens with one attached hydrogen (secondary N) is 1. The molecule has 5 nitrogen and oxygen atoms in total. The fourth-order valence-electron chi connectivity index (χ4n) is 3.34. The first-order valence-corrected chi connectivity index (χ1v) is 10.2. The van der Waals surface area contributed by atoms with Gasteiger partial charge in [-0.25, -0.2) is 4.39 Å². The maximum Gasteiger partial charge on any atom is 0.227 e. The lowest BCUT2D eigenvalue weighted by Gasteiger charge is -2.31. The third-order valence-corrected chi connectivity index (χ3v) is 5.95. The van der Waals surface area contributed by atoms with Crippen molar-refractivity contribution in [3.05, 3.63) is 59.2 Å². The molecule has 1 aliphatic heterocycles. The Bertz CT molecular complexity index is 951. The van der Waals surface area contributed by atoms with Gasteiger partial charge in [0.1, 0.15) is 11.5 Å². The van der Waals surface area contributed by atoms with Crippen molar-refractivity contribution in [1.29, 1.82) is 0 Å². The van der Waals surface area contributed by atoms with Crippen molar-refractivity contribution in [3.8, 4) is 10.6 Å². The van der Waals surface area contributed by atoms with Crippen LogP contribution in [0.3, 0.4) is 0 Å². The molecule has 1 fully saturated rings. The molecule has 0 aliphatic carbocycles. The van der Waals surface area contributed by atoms with E-state index in [0.717, 1.165) is 42.3 Å². The first kappa shape index (κ1) is 18.6. The number of anilines is 2. The van der Waals surface area contributed by atoms with Crippen LogP contribution in [0.5, 0.6) is 0 Å². The Kier molecular flexibility index (Phi) is 5.34. The van der Waals surface area contributed by atoms with Crippen molar-refractivity contribution in [2.75, 3.05) is 23.3 Å². The molecule has 1 aromatic carbocycles. The largest absolute Gasteiger partial charge is 0.355 e. The fraction of sp³-hybridized carbons (Fsp3) is 0.286. The van der Waals surface area contributed by atoms with E-state index in [4.69, 9.17) is 0 Å². The number of benzene rings is 1. The third kappa shape index (κ3) is 4.04. The van der Waals surface area contributed by atoms with E-state index in [1.807, 2.05) is 29.6 Å². The first-order chi connectivity index (χ1) is 13.6. The highest BCUT2D eigenvalue weighted by atomic mass is 32.1. The average molecular weight is 396 g/mol. The summed E-state index contributed by atoms with van der Waals surface area (Å²) in [5, 5.41) is 13.5. The van der Waals surface area contributed by atoms with Crippen LogP contribution >= 0.6 is 11.3 Å². The fourth-order valence-corrected chi connectivity index (χ4v) is 4.03. The Morgan fingerprint density at radius 1 is 1.18 bits per heavy atom. The van der Waals surface area contributed by atoms with Gasteiger partial charge < -0.3 is 10.2 Å². The molecule has 0 atom stereocenters. The summed E-state index contributed by atoms with van der Waals surface area (Å²) in [6.07, 6.45) is 1.46. The molecule has 144 valence electrons. The van der Waals surface area contributed by atoms with Crippen molar-refractivity contribution >= 4 is 28.7 Å². The molecule has 3 heterocycles.